The van der Waals surface area contributed by atoms with Gasteiger partial charge < -0.3 is 14.4 Å². The summed E-state index contributed by atoms with van der Waals surface area (Å²) >= 11 is 1.94. The second-order valence-corrected chi connectivity index (χ2v) is 11.8. The quantitative estimate of drug-likeness (QED) is 0.409. The summed E-state index contributed by atoms with van der Waals surface area (Å²) in [7, 11) is 0. The molecule has 2 heterocycles. The number of benzene rings is 2. The van der Waals surface area contributed by atoms with Crippen molar-refractivity contribution < 1.29 is 9.47 Å². The van der Waals surface area contributed by atoms with Crippen LogP contribution in [0.4, 0.5) is 5.95 Å². The van der Waals surface area contributed by atoms with Gasteiger partial charge in [-0.05, 0) is 46.2 Å². The van der Waals surface area contributed by atoms with E-state index in [1.807, 2.05) is 36.0 Å². The van der Waals surface area contributed by atoms with Gasteiger partial charge in [-0.3, -0.25) is 0 Å². The molecule has 7 heteroatoms. The Morgan fingerprint density at radius 2 is 1.06 bits per heavy atom. The molecule has 180 valence electrons. The Bertz CT molecular complexity index is 1020. The predicted molar refractivity (Wildman–Crippen MR) is 140 cm³/mol. The minimum atomic E-state index is 0.0781. The van der Waals surface area contributed by atoms with Crippen molar-refractivity contribution in [3.8, 4) is 23.5 Å². The van der Waals surface area contributed by atoms with Gasteiger partial charge in [-0.15, -0.1) is 4.98 Å². The van der Waals surface area contributed by atoms with E-state index in [-0.39, 0.29) is 22.9 Å². The van der Waals surface area contributed by atoms with E-state index >= 15 is 0 Å². The van der Waals surface area contributed by atoms with Gasteiger partial charge in [-0.2, -0.15) is 21.7 Å². The van der Waals surface area contributed by atoms with Crippen molar-refractivity contribution in [2.45, 2.75) is 52.4 Å². The number of nitrogens with zero attached hydrogens (tertiary/aromatic N) is 4. The molecule has 0 N–H and O–H groups in total. The van der Waals surface area contributed by atoms with Gasteiger partial charge in [0.05, 0.1) is 0 Å². The van der Waals surface area contributed by atoms with Crippen molar-refractivity contribution in [3.63, 3.8) is 0 Å². The molecule has 34 heavy (non-hydrogen) atoms. The minimum absolute atomic E-state index is 0.0781. The van der Waals surface area contributed by atoms with E-state index in [9.17, 15) is 0 Å². The SMILES string of the molecule is CC(C)(C)c1ccc(Oc2nc(Oc3ccc(C(C)(C)C)cc3)nc(N3CCSCC3)n2)cc1. The lowest BCUT2D eigenvalue weighted by molar-refractivity contribution is 0.396. The van der Waals surface area contributed by atoms with Crippen molar-refractivity contribution in [1.29, 1.82) is 0 Å². The lowest BCUT2D eigenvalue weighted by Crippen LogP contribution is -2.34. The number of anilines is 1. The number of hydrogen-bond donors (Lipinski definition) is 0. The summed E-state index contributed by atoms with van der Waals surface area (Å²) in [6.07, 6.45) is 0. The summed E-state index contributed by atoms with van der Waals surface area (Å²) in [6.45, 7) is 14.9. The van der Waals surface area contributed by atoms with Crippen molar-refractivity contribution >= 4 is 17.7 Å². The molecule has 1 aliphatic heterocycles. The zero-order chi connectivity index (χ0) is 24.3. The number of ether oxygens (including phenoxy) is 2. The van der Waals surface area contributed by atoms with Crippen LogP contribution in [0.5, 0.6) is 23.5 Å². The molecule has 0 amide bonds. The maximum absolute atomic E-state index is 6.05. The summed E-state index contributed by atoms with van der Waals surface area (Å²) in [5, 5.41) is 0. The number of thioether (sulfide) groups is 1. The van der Waals surface area contributed by atoms with E-state index in [0.29, 0.717) is 17.4 Å². The van der Waals surface area contributed by atoms with Gasteiger partial charge in [0, 0.05) is 24.6 Å². The Morgan fingerprint density at radius 1 is 0.647 bits per heavy atom. The highest BCUT2D eigenvalue weighted by molar-refractivity contribution is 7.99. The monoisotopic (exact) mass is 478 g/mol. The fourth-order valence-corrected chi connectivity index (χ4v) is 4.48. The zero-order valence-corrected chi connectivity index (χ0v) is 21.8. The van der Waals surface area contributed by atoms with Gasteiger partial charge in [0.2, 0.25) is 5.95 Å². The molecular formula is C27H34N4O2S. The summed E-state index contributed by atoms with van der Waals surface area (Å²) in [4.78, 5) is 15.8. The fraction of sp³-hybridized carbons (Fsp3) is 0.444. The second-order valence-electron chi connectivity index (χ2n) is 10.6. The highest BCUT2D eigenvalue weighted by atomic mass is 32.2. The van der Waals surface area contributed by atoms with Gasteiger partial charge in [0.15, 0.2) is 0 Å². The third-order valence-electron chi connectivity index (χ3n) is 5.74. The molecule has 4 rings (SSSR count). The maximum Gasteiger partial charge on any atom is 0.330 e. The Balaban J connectivity index is 1.60. The predicted octanol–water partition coefficient (Wildman–Crippen LogP) is 6.60. The van der Waals surface area contributed by atoms with E-state index in [1.54, 1.807) is 0 Å². The molecule has 0 unspecified atom stereocenters. The molecule has 0 saturated carbocycles. The van der Waals surface area contributed by atoms with Crippen molar-refractivity contribution in [2.24, 2.45) is 0 Å². The highest BCUT2D eigenvalue weighted by Gasteiger charge is 2.19. The average Bonchev–Trinajstić information content (AvgIpc) is 2.79. The molecule has 3 aromatic rings. The largest absolute Gasteiger partial charge is 0.424 e. The van der Waals surface area contributed by atoms with E-state index in [4.69, 9.17) is 9.47 Å². The number of hydrogen-bond acceptors (Lipinski definition) is 7. The third kappa shape index (κ3) is 6.20. The number of rotatable bonds is 5. The molecule has 0 aliphatic carbocycles. The summed E-state index contributed by atoms with van der Waals surface area (Å²) < 4.78 is 12.1. The molecule has 0 spiro atoms. The molecule has 1 saturated heterocycles. The standard InChI is InChI=1S/C27H34N4O2S/c1-26(2,3)19-7-11-21(12-8-19)32-24-28-23(31-15-17-34-18-16-31)29-25(30-24)33-22-13-9-20(10-14-22)27(4,5)6/h7-14H,15-18H2,1-6H3. The van der Waals surface area contributed by atoms with E-state index < -0.39 is 0 Å². The van der Waals surface area contributed by atoms with E-state index in [2.05, 4.69) is 85.7 Å². The van der Waals surface area contributed by atoms with Crippen LogP contribution >= 0.6 is 11.8 Å². The Hall–Kier alpha value is -2.80. The molecule has 0 atom stereocenters. The van der Waals surface area contributed by atoms with Crippen LogP contribution in [0.25, 0.3) is 0 Å². The van der Waals surface area contributed by atoms with Gasteiger partial charge in [-0.25, -0.2) is 0 Å². The molecule has 0 bridgehead atoms. The molecule has 1 aliphatic rings. The van der Waals surface area contributed by atoms with Crippen LogP contribution < -0.4 is 14.4 Å². The van der Waals surface area contributed by atoms with E-state index in [1.165, 1.54) is 11.1 Å². The van der Waals surface area contributed by atoms with Crippen LogP contribution in [0.1, 0.15) is 52.7 Å². The van der Waals surface area contributed by atoms with Crippen LogP contribution in [-0.2, 0) is 10.8 Å². The lowest BCUT2D eigenvalue weighted by atomic mass is 9.87. The molecular weight excluding hydrogens is 444 g/mol. The Labute approximate surface area is 207 Å². The van der Waals surface area contributed by atoms with Crippen LogP contribution in [0.3, 0.4) is 0 Å². The first kappa shape index (κ1) is 24.3. The third-order valence-corrected chi connectivity index (χ3v) is 6.68. The fourth-order valence-electron chi connectivity index (χ4n) is 3.58. The van der Waals surface area contributed by atoms with Gasteiger partial charge in [0.1, 0.15) is 11.5 Å². The van der Waals surface area contributed by atoms with Crippen molar-refractivity contribution in [1.82, 2.24) is 15.0 Å². The summed E-state index contributed by atoms with van der Waals surface area (Å²) in [6, 6.07) is 16.6. The van der Waals surface area contributed by atoms with Gasteiger partial charge in [-0.1, -0.05) is 65.8 Å². The van der Waals surface area contributed by atoms with Crippen molar-refractivity contribution in [3.05, 3.63) is 59.7 Å². The van der Waals surface area contributed by atoms with Crippen LogP contribution in [-0.4, -0.2) is 39.5 Å². The molecule has 0 radical (unpaired) electrons. The van der Waals surface area contributed by atoms with Crippen LogP contribution in [0.2, 0.25) is 0 Å². The average molecular weight is 479 g/mol. The van der Waals surface area contributed by atoms with E-state index in [0.717, 1.165) is 24.6 Å². The van der Waals surface area contributed by atoms with Gasteiger partial charge >= 0.3 is 12.0 Å². The first-order valence-electron chi connectivity index (χ1n) is 11.7. The smallest absolute Gasteiger partial charge is 0.330 e. The molecule has 1 fully saturated rings. The van der Waals surface area contributed by atoms with Crippen LogP contribution in [0.15, 0.2) is 48.5 Å². The molecule has 2 aromatic carbocycles. The van der Waals surface area contributed by atoms with Gasteiger partial charge in [0.25, 0.3) is 0 Å². The number of aromatic nitrogens is 3. The normalized spacial score (nSPS) is 14.7. The Morgan fingerprint density at radius 3 is 1.44 bits per heavy atom. The van der Waals surface area contributed by atoms with Crippen molar-refractivity contribution in [2.75, 3.05) is 29.5 Å². The first-order valence-corrected chi connectivity index (χ1v) is 12.9. The summed E-state index contributed by atoms with van der Waals surface area (Å²) in [5.41, 5.74) is 2.64. The lowest BCUT2D eigenvalue weighted by Gasteiger charge is -2.26. The maximum atomic E-state index is 6.05. The molecule has 6 nitrogen and oxygen atoms in total. The zero-order valence-electron chi connectivity index (χ0n) is 21.0. The first-order chi connectivity index (χ1) is 16.1. The Kier molecular flexibility index (Phi) is 7.03. The highest BCUT2D eigenvalue weighted by Crippen LogP contribution is 2.30. The molecule has 1 aromatic heterocycles. The minimum Gasteiger partial charge on any atom is -0.424 e. The second kappa shape index (κ2) is 9.82. The van der Waals surface area contributed by atoms with Crippen LogP contribution in [0, 0.1) is 0 Å². The summed E-state index contributed by atoms with van der Waals surface area (Å²) in [5.74, 6) is 4.03. The topological polar surface area (TPSA) is 60.4 Å².